The fourth-order valence-electron chi connectivity index (χ4n) is 5.25. The van der Waals surface area contributed by atoms with Gasteiger partial charge in [0.15, 0.2) is 0 Å². The molecule has 2 aliphatic heterocycles. The zero-order valence-corrected chi connectivity index (χ0v) is 25.2. The van der Waals surface area contributed by atoms with Gasteiger partial charge in [-0.25, -0.2) is 4.90 Å². The molecule has 0 radical (unpaired) electrons. The number of hydrogen-bond donors (Lipinski definition) is 1. The third-order valence-corrected chi connectivity index (χ3v) is 10.4. The number of rotatable bonds is 6. The molecule has 6 rings (SSSR count). The number of aryl methyl sites for hydroxylation is 1. The Morgan fingerprint density at radius 3 is 2.29 bits per heavy atom. The van der Waals surface area contributed by atoms with Gasteiger partial charge >= 0.3 is 4.87 Å². The van der Waals surface area contributed by atoms with Gasteiger partial charge in [-0.15, -0.1) is 0 Å². The monoisotopic (exact) mass is 649 g/mol. The molecule has 1 N–H and O–H groups in total. The molecule has 3 atom stereocenters. The Morgan fingerprint density at radius 1 is 0.951 bits per heavy atom. The van der Waals surface area contributed by atoms with Gasteiger partial charge in [0.05, 0.1) is 23.7 Å². The summed E-state index contributed by atoms with van der Waals surface area (Å²) in [5, 5.41) is 2.63. The number of fused-ring (bicyclic) bond motifs is 2. The fraction of sp³-hybridized carbons (Fsp3) is 0.200. The lowest BCUT2D eigenvalue weighted by Crippen LogP contribution is -2.33. The summed E-state index contributed by atoms with van der Waals surface area (Å²) >= 11 is 5.61. The third kappa shape index (κ3) is 5.02. The van der Waals surface area contributed by atoms with E-state index in [1.807, 2.05) is 31.2 Å². The minimum absolute atomic E-state index is 0.211. The van der Waals surface area contributed by atoms with E-state index in [-0.39, 0.29) is 29.1 Å². The molecule has 41 heavy (non-hydrogen) atoms. The lowest BCUT2D eigenvalue weighted by Gasteiger charge is -2.30. The summed E-state index contributed by atoms with van der Waals surface area (Å²) in [5.41, 5.74) is 2.97. The van der Waals surface area contributed by atoms with Gasteiger partial charge in [0.2, 0.25) is 17.7 Å². The van der Waals surface area contributed by atoms with Crippen LogP contribution >= 0.6 is 39.0 Å². The van der Waals surface area contributed by atoms with Gasteiger partial charge in [-0.3, -0.25) is 23.7 Å². The van der Waals surface area contributed by atoms with Crippen LogP contribution in [0.2, 0.25) is 0 Å². The normalized spacial score (nSPS) is 19.6. The minimum atomic E-state index is -0.758. The number of carbonyl (C=O) groups excluding carboxylic acids is 3. The predicted octanol–water partition coefficient (Wildman–Crippen LogP) is 5.42. The highest BCUT2D eigenvalue weighted by molar-refractivity contribution is 9.10. The van der Waals surface area contributed by atoms with Crippen molar-refractivity contribution in [1.82, 2.24) is 4.57 Å². The van der Waals surface area contributed by atoms with E-state index in [9.17, 15) is 19.2 Å². The zero-order valence-electron chi connectivity index (χ0n) is 22.0. The van der Waals surface area contributed by atoms with Gasteiger partial charge in [-0.2, -0.15) is 0 Å². The van der Waals surface area contributed by atoms with Crippen molar-refractivity contribution in [1.29, 1.82) is 0 Å². The second-order valence-corrected chi connectivity index (χ2v) is 12.9. The number of nitrogens with zero attached hydrogens (tertiary/aromatic N) is 2. The first kappa shape index (κ1) is 27.5. The largest absolute Gasteiger partial charge is 0.497 e. The minimum Gasteiger partial charge on any atom is -0.497 e. The van der Waals surface area contributed by atoms with Gasteiger partial charge in [0, 0.05) is 21.0 Å². The molecule has 2 aliphatic rings. The van der Waals surface area contributed by atoms with Crippen LogP contribution in [-0.4, -0.2) is 34.6 Å². The highest BCUT2D eigenvalue weighted by atomic mass is 79.9. The summed E-state index contributed by atoms with van der Waals surface area (Å²) in [6.45, 7) is 1.75. The number of hydrogen-bond acceptors (Lipinski definition) is 7. The first-order valence-corrected chi connectivity index (χ1v) is 15.3. The molecule has 1 saturated heterocycles. The topological polar surface area (TPSA) is 97.7 Å². The van der Waals surface area contributed by atoms with E-state index < -0.39 is 17.1 Å². The summed E-state index contributed by atoms with van der Waals surface area (Å²) in [7, 11) is 1.57. The standard InChI is InChI=1S/C30H24BrN3O5S2/c1-16-3-9-19(10-4-16)32-22(35)15-33-29-26(41-30(33)38)23(17-5-13-21(39-2)14-6-17)24-25(40-29)28(37)34(27(24)36)20-11-7-18(31)8-12-20/h3-14,23-25H,15H2,1-2H3,(H,32,35)/t23-,24?,25?/m1/s1. The number of thioether (sulfide) groups is 1. The van der Waals surface area contributed by atoms with Crippen LogP contribution in [0.1, 0.15) is 21.9 Å². The van der Waals surface area contributed by atoms with Crippen molar-refractivity contribution in [2.45, 2.75) is 29.7 Å². The number of aromatic nitrogens is 1. The molecule has 1 fully saturated rings. The zero-order chi connectivity index (χ0) is 28.8. The first-order valence-electron chi connectivity index (χ1n) is 12.8. The average Bonchev–Trinajstić information content (AvgIpc) is 3.41. The van der Waals surface area contributed by atoms with Crippen molar-refractivity contribution in [2.75, 3.05) is 17.3 Å². The molecule has 208 valence electrons. The number of amides is 3. The Bertz CT molecular complexity index is 1720. The number of nitrogens with one attached hydrogen (secondary N) is 1. The number of benzene rings is 3. The van der Waals surface area contributed by atoms with Crippen LogP contribution in [0.3, 0.4) is 0 Å². The smallest absolute Gasteiger partial charge is 0.308 e. The Labute approximate surface area is 252 Å². The molecular formula is C30H24BrN3O5S2. The van der Waals surface area contributed by atoms with Gasteiger partial charge in [0.1, 0.15) is 17.5 Å². The molecule has 0 bridgehead atoms. The molecule has 3 amide bonds. The summed E-state index contributed by atoms with van der Waals surface area (Å²) in [6, 6.07) is 21.7. The molecule has 4 aromatic rings. The molecular weight excluding hydrogens is 626 g/mol. The number of carbonyl (C=O) groups is 3. The van der Waals surface area contributed by atoms with Crippen LogP contribution in [0.4, 0.5) is 11.4 Å². The van der Waals surface area contributed by atoms with Gasteiger partial charge in [-0.1, -0.05) is 68.9 Å². The van der Waals surface area contributed by atoms with Crippen molar-refractivity contribution in [3.05, 3.63) is 103 Å². The second kappa shape index (κ2) is 11.0. The number of anilines is 2. The van der Waals surface area contributed by atoms with Crippen LogP contribution < -0.4 is 19.8 Å². The fourth-order valence-corrected chi connectivity index (χ4v) is 8.29. The molecule has 1 aromatic heterocycles. The maximum Gasteiger partial charge on any atom is 0.308 e. The van der Waals surface area contributed by atoms with E-state index in [1.165, 1.54) is 21.2 Å². The molecule has 0 spiro atoms. The van der Waals surface area contributed by atoms with Crippen LogP contribution in [0, 0.1) is 12.8 Å². The Kier molecular flexibility index (Phi) is 7.35. The van der Waals surface area contributed by atoms with Crippen molar-refractivity contribution in [3.8, 4) is 5.75 Å². The summed E-state index contributed by atoms with van der Waals surface area (Å²) in [5.74, 6) is -1.62. The van der Waals surface area contributed by atoms with Gasteiger partial charge in [0.25, 0.3) is 0 Å². The van der Waals surface area contributed by atoms with E-state index in [0.29, 0.717) is 27.0 Å². The summed E-state index contributed by atoms with van der Waals surface area (Å²) in [4.78, 5) is 55.7. The summed E-state index contributed by atoms with van der Waals surface area (Å²) in [6.07, 6.45) is 0. The number of methoxy groups -OCH3 is 1. The highest BCUT2D eigenvalue weighted by Gasteiger charge is 2.56. The molecule has 3 heterocycles. The molecule has 3 aromatic carbocycles. The lowest BCUT2D eigenvalue weighted by molar-refractivity contribution is -0.122. The average molecular weight is 651 g/mol. The summed E-state index contributed by atoms with van der Waals surface area (Å²) < 4.78 is 7.57. The first-order chi connectivity index (χ1) is 19.7. The van der Waals surface area contributed by atoms with E-state index in [4.69, 9.17) is 4.74 Å². The van der Waals surface area contributed by atoms with Crippen LogP contribution in [0.15, 0.2) is 87.1 Å². The number of ether oxygens (including phenoxy) is 1. The van der Waals surface area contributed by atoms with Crippen LogP contribution in [0.25, 0.3) is 0 Å². The molecule has 0 saturated carbocycles. The molecule has 11 heteroatoms. The Hall–Kier alpha value is -3.67. The van der Waals surface area contributed by atoms with Gasteiger partial charge in [-0.05, 0) is 61.0 Å². The lowest BCUT2D eigenvalue weighted by atomic mass is 9.83. The molecule has 0 aliphatic carbocycles. The Balaban J connectivity index is 1.40. The van der Waals surface area contributed by atoms with Crippen molar-refractivity contribution < 1.29 is 19.1 Å². The van der Waals surface area contributed by atoms with E-state index in [0.717, 1.165) is 26.9 Å². The maximum atomic E-state index is 14.0. The van der Waals surface area contributed by atoms with Crippen molar-refractivity contribution in [3.63, 3.8) is 0 Å². The number of halogens is 1. The highest BCUT2D eigenvalue weighted by Crippen LogP contribution is 2.54. The van der Waals surface area contributed by atoms with E-state index in [1.54, 1.807) is 55.6 Å². The Morgan fingerprint density at radius 2 is 1.63 bits per heavy atom. The van der Waals surface area contributed by atoms with Crippen molar-refractivity contribution in [2.24, 2.45) is 5.92 Å². The third-order valence-electron chi connectivity index (χ3n) is 7.25. The maximum absolute atomic E-state index is 14.0. The SMILES string of the molecule is COc1ccc([C@H]2c3sc(=O)n(CC(=O)Nc4ccc(C)cc4)c3SC3C(=O)N(c4ccc(Br)cc4)C(=O)C32)cc1. The van der Waals surface area contributed by atoms with Gasteiger partial charge < -0.3 is 10.1 Å². The van der Waals surface area contributed by atoms with E-state index in [2.05, 4.69) is 21.2 Å². The van der Waals surface area contributed by atoms with E-state index >= 15 is 0 Å². The second-order valence-electron chi connectivity index (χ2n) is 9.84. The van der Waals surface area contributed by atoms with Crippen LogP contribution in [-0.2, 0) is 20.9 Å². The predicted molar refractivity (Wildman–Crippen MR) is 163 cm³/mol. The van der Waals surface area contributed by atoms with Crippen LogP contribution in [0.5, 0.6) is 5.75 Å². The molecule has 8 nitrogen and oxygen atoms in total. The molecule has 2 unspecified atom stereocenters. The number of imide groups is 1. The quantitative estimate of drug-likeness (QED) is 0.280. The van der Waals surface area contributed by atoms with Crippen molar-refractivity contribution >= 4 is 68.1 Å². The number of thiazole rings is 1.